The van der Waals surface area contributed by atoms with Crippen molar-refractivity contribution < 1.29 is 18.0 Å². The standard InChI is InChI=1S/C14H13ClF3N5O2/c1-22(2)11(24)7-19-9-6-21-23(13(25)12(9)15)10-4-3-8(5-20-10)14(16,17)18/h3-6,19H,7H2,1-2H3. The van der Waals surface area contributed by atoms with Gasteiger partial charge in [-0.1, -0.05) is 11.6 Å². The molecule has 0 saturated carbocycles. The highest BCUT2D eigenvalue weighted by Crippen LogP contribution is 2.28. The van der Waals surface area contributed by atoms with E-state index in [1.54, 1.807) is 14.1 Å². The summed E-state index contributed by atoms with van der Waals surface area (Å²) < 4.78 is 38.4. The van der Waals surface area contributed by atoms with Gasteiger partial charge in [-0.15, -0.1) is 0 Å². The fourth-order valence-corrected chi connectivity index (χ4v) is 1.92. The first-order valence-electron chi connectivity index (χ1n) is 6.86. The Hall–Kier alpha value is -2.62. The van der Waals surface area contributed by atoms with Gasteiger partial charge in [0.25, 0.3) is 5.56 Å². The number of halogens is 4. The number of hydrogen-bond acceptors (Lipinski definition) is 5. The average Bonchev–Trinajstić information content (AvgIpc) is 2.55. The van der Waals surface area contributed by atoms with Crippen LogP contribution in [0.25, 0.3) is 5.82 Å². The fourth-order valence-electron chi connectivity index (χ4n) is 1.73. The lowest BCUT2D eigenvalue weighted by atomic mass is 10.3. The van der Waals surface area contributed by atoms with Crippen LogP contribution in [0.3, 0.4) is 0 Å². The zero-order chi connectivity index (χ0) is 18.8. The summed E-state index contributed by atoms with van der Waals surface area (Å²) in [5, 5.41) is 6.23. The summed E-state index contributed by atoms with van der Waals surface area (Å²) in [6.45, 7) is -0.101. The van der Waals surface area contributed by atoms with Gasteiger partial charge in [-0.3, -0.25) is 9.59 Å². The molecule has 2 aromatic heterocycles. The number of alkyl halides is 3. The minimum absolute atomic E-state index is 0.101. The van der Waals surface area contributed by atoms with Crippen LogP contribution < -0.4 is 10.9 Å². The number of nitrogens with one attached hydrogen (secondary N) is 1. The van der Waals surface area contributed by atoms with E-state index in [1.165, 1.54) is 11.1 Å². The number of anilines is 1. The number of aromatic nitrogens is 3. The van der Waals surface area contributed by atoms with Crippen LogP contribution in [0, 0.1) is 0 Å². The number of hydrogen-bond donors (Lipinski definition) is 1. The number of nitrogens with zero attached hydrogens (tertiary/aromatic N) is 4. The summed E-state index contributed by atoms with van der Waals surface area (Å²) >= 11 is 5.95. The first kappa shape index (κ1) is 18.7. The number of rotatable bonds is 4. The molecule has 2 heterocycles. The molecular formula is C14H13ClF3N5O2. The highest BCUT2D eigenvalue weighted by atomic mass is 35.5. The van der Waals surface area contributed by atoms with Crippen molar-refractivity contribution >= 4 is 23.2 Å². The van der Waals surface area contributed by atoms with E-state index in [1.807, 2.05) is 0 Å². The van der Waals surface area contributed by atoms with Crippen molar-refractivity contribution in [3.63, 3.8) is 0 Å². The van der Waals surface area contributed by atoms with Crippen LogP contribution >= 0.6 is 11.6 Å². The maximum Gasteiger partial charge on any atom is 0.417 e. The second kappa shape index (κ2) is 7.09. The average molecular weight is 376 g/mol. The molecule has 1 amide bonds. The van der Waals surface area contributed by atoms with Gasteiger partial charge in [-0.05, 0) is 12.1 Å². The molecule has 2 aromatic rings. The molecule has 0 unspecified atom stereocenters. The monoisotopic (exact) mass is 375 g/mol. The Kier molecular flexibility index (Phi) is 5.31. The normalized spacial score (nSPS) is 11.3. The van der Waals surface area contributed by atoms with E-state index in [9.17, 15) is 22.8 Å². The maximum atomic E-state index is 12.5. The smallest absolute Gasteiger partial charge is 0.373 e. The Balaban J connectivity index is 2.28. The van der Waals surface area contributed by atoms with E-state index in [-0.39, 0.29) is 29.0 Å². The lowest BCUT2D eigenvalue weighted by Gasteiger charge is -2.13. The molecule has 0 aromatic carbocycles. The molecule has 134 valence electrons. The van der Waals surface area contributed by atoms with Gasteiger partial charge in [0.2, 0.25) is 5.91 Å². The summed E-state index contributed by atoms with van der Waals surface area (Å²) in [5.74, 6) is -0.361. The van der Waals surface area contributed by atoms with Gasteiger partial charge in [-0.25, -0.2) is 4.98 Å². The number of amides is 1. The third-order valence-electron chi connectivity index (χ3n) is 3.14. The molecule has 7 nitrogen and oxygen atoms in total. The molecule has 0 saturated heterocycles. The van der Waals surface area contributed by atoms with E-state index < -0.39 is 17.3 Å². The zero-order valence-corrected chi connectivity index (χ0v) is 13.9. The molecular weight excluding hydrogens is 363 g/mol. The Morgan fingerprint density at radius 3 is 2.52 bits per heavy atom. The lowest BCUT2D eigenvalue weighted by Crippen LogP contribution is -2.30. The molecule has 0 aliphatic carbocycles. The summed E-state index contributed by atoms with van der Waals surface area (Å²) in [6, 6.07) is 1.79. The van der Waals surface area contributed by atoms with Crippen molar-refractivity contribution in [2.24, 2.45) is 0 Å². The van der Waals surface area contributed by atoms with Gasteiger partial charge in [-0.2, -0.15) is 23.0 Å². The number of carbonyl (C=O) groups is 1. The first-order valence-corrected chi connectivity index (χ1v) is 7.24. The van der Waals surface area contributed by atoms with Gasteiger partial charge in [0.05, 0.1) is 24.0 Å². The molecule has 2 rings (SSSR count). The van der Waals surface area contributed by atoms with Crippen molar-refractivity contribution in [3.8, 4) is 5.82 Å². The topological polar surface area (TPSA) is 80.1 Å². The predicted molar refractivity (Wildman–Crippen MR) is 84.8 cm³/mol. The van der Waals surface area contributed by atoms with Gasteiger partial charge in [0.15, 0.2) is 5.82 Å². The Labute approximate surface area is 145 Å². The summed E-state index contributed by atoms with van der Waals surface area (Å²) in [5.41, 5.74) is -1.60. The molecule has 0 aliphatic rings. The molecule has 0 fully saturated rings. The fraction of sp³-hybridized carbons (Fsp3) is 0.286. The molecule has 0 atom stereocenters. The van der Waals surface area contributed by atoms with E-state index in [2.05, 4.69) is 15.4 Å². The van der Waals surface area contributed by atoms with Crippen LogP contribution in [0.15, 0.2) is 29.3 Å². The van der Waals surface area contributed by atoms with Crippen LogP contribution in [0.4, 0.5) is 18.9 Å². The zero-order valence-electron chi connectivity index (χ0n) is 13.1. The highest BCUT2D eigenvalue weighted by molar-refractivity contribution is 6.33. The quantitative estimate of drug-likeness (QED) is 0.881. The molecule has 0 spiro atoms. The van der Waals surface area contributed by atoms with Gasteiger partial charge >= 0.3 is 6.18 Å². The van der Waals surface area contributed by atoms with Gasteiger partial charge < -0.3 is 10.2 Å². The van der Waals surface area contributed by atoms with Crippen LogP contribution in [0.1, 0.15) is 5.56 Å². The Morgan fingerprint density at radius 1 is 1.32 bits per heavy atom. The SMILES string of the molecule is CN(C)C(=O)CNc1cnn(-c2ccc(C(F)(F)F)cn2)c(=O)c1Cl. The van der Waals surface area contributed by atoms with Crippen LogP contribution in [-0.4, -0.2) is 46.2 Å². The van der Waals surface area contributed by atoms with Crippen molar-refractivity contribution in [1.82, 2.24) is 19.7 Å². The number of likely N-dealkylation sites (N-methyl/N-ethyl adjacent to an activating group) is 1. The third-order valence-corrected chi connectivity index (χ3v) is 3.51. The van der Waals surface area contributed by atoms with E-state index in [4.69, 9.17) is 11.6 Å². The van der Waals surface area contributed by atoms with Crippen molar-refractivity contribution in [3.05, 3.63) is 45.5 Å². The molecule has 1 N–H and O–H groups in total. The van der Waals surface area contributed by atoms with Crippen LogP contribution in [0.2, 0.25) is 5.02 Å². The third kappa shape index (κ3) is 4.27. The molecule has 11 heteroatoms. The van der Waals surface area contributed by atoms with Crippen molar-refractivity contribution in [2.75, 3.05) is 26.0 Å². The summed E-state index contributed by atoms with van der Waals surface area (Å²) in [6.07, 6.45) is -2.75. The second-order valence-electron chi connectivity index (χ2n) is 5.13. The molecule has 0 radical (unpaired) electrons. The van der Waals surface area contributed by atoms with Crippen LogP contribution in [-0.2, 0) is 11.0 Å². The lowest BCUT2D eigenvalue weighted by molar-refractivity contribution is -0.137. The minimum Gasteiger partial charge on any atom is -0.373 e. The van der Waals surface area contributed by atoms with Gasteiger partial charge in [0, 0.05) is 20.3 Å². The van der Waals surface area contributed by atoms with E-state index in [0.717, 1.165) is 16.8 Å². The van der Waals surface area contributed by atoms with Crippen LogP contribution in [0.5, 0.6) is 0 Å². The highest BCUT2D eigenvalue weighted by Gasteiger charge is 2.30. The van der Waals surface area contributed by atoms with E-state index in [0.29, 0.717) is 6.20 Å². The number of pyridine rings is 1. The maximum absolute atomic E-state index is 12.5. The van der Waals surface area contributed by atoms with Gasteiger partial charge in [0.1, 0.15) is 5.02 Å². The summed E-state index contributed by atoms with van der Waals surface area (Å²) in [4.78, 5) is 28.7. The van der Waals surface area contributed by atoms with Crippen molar-refractivity contribution in [1.29, 1.82) is 0 Å². The molecule has 0 bridgehead atoms. The second-order valence-corrected chi connectivity index (χ2v) is 5.51. The summed E-state index contributed by atoms with van der Waals surface area (Å²) in [7, 11) is 3.14. The Morgan fingerprint density at radius 2 is 2.00 bits per heavy atom. The largest absolute Gasteiger partial charge is 0.417 e. The van der Waals surface area contributed by atoms with E-state index >= 15 is 0 Å². The molecule has 0 aliphatic heterocycles. The Bertz CT molecular complexity index is 834. The minimum atomic E-state index is -4.53. The number of carbonyl (C=O) groups excluding carboxylic acids is 1. The first-order chi connectivity index (χ1) is 11.6. The molecule has 25 heavy (non-hydrogen) atoms. The van der Waals surface area contributed by atoms with Crippen molar-refractivity contribution in [2.45, 2.75) is 6.18 Å². The predicted octanol–water partition coefficient (Wildman–Crippen LogP) is 1.80.